The lowest BCUT2D eigenvalue weighted by Gasteiger charge is -2.08. The van der Waals surface area contributed by atoms with Crippen molar-refractivity contribution in [2.24, 2.45) is 0 Å². The Labute approximate surface area is 131 Å². The lowest BCUT2D eigenvalue weighted by molar-refractivity contribution is -0.120. The maximum atomic E-state index is 11.9. The summed E-state index contributed by atoms with van der Waals surface area (Å²) in [7, 11) is 1.62. The number of para-hydroxylation sites is 1. The van der Waals surface area contributed by atoms with Gasteiger partial charge in [-0.2, -0.15) is 0 Å². The molecule has 0 bridgehead atoms. The van der Waals surface area contributed by atoms with Gasteiger partial charge in [-0.1, -0.05) is 18.2 Å². The quantitative estimate of drug-likeness (QED) is 0.863. The first-order valence-electron chi connectivity index (χ1n) is 6.32. The van der Waals surface area contributed by atoms with Gasteiger partial charge in [-0.05, 0) is 40.5 Å². The van der Waals surface area contributed by atoms with Gasteiger partial charge in [-0.15, -0.1) is 11.3 Å². The van der Waals surface area contributed by atoms with Crippen molar-refractivity contribution >= 4 is 33.2 Å². The summed E-state index contributed by atoms with van der Waals surface area (Å²) in [6.45, 7) is 0.654. The molecule has 1 heterocycles. The van der Waals surface area contributed by atoms with Gasteiger partial charge in [0.2, 0.25) is 5.91 Å². The van der Waals surface area contributed by atoms with E-state index < -0.39 is 0 Å². The van der Waals surface area contributed by atoms with E-state index in [1.165, 1.54) is 4.88 Å². The standard InChI is InChI=1S/C15H16BrNO2S/c1-19-13-5-3-2-4-11(13)10-15(18)17-9-8-12-6-7-14(16)20-12/h2-7H,8-10H2,1H3,(H,17,18). The van der Waals surface area contributed by atoms with E-state index in [4.69, 9.17) is 4.74 Å². The van der Waals surface area contributed by atoms with Crippen molar-refractivity contribution < 1.29 is 9.53 Å². The third kappa shape index (κ3) is 4.35. The second-order valence-corrected chi connectivity index (χ2v) is 6.84. The molecule has 0 fully saturated rings. The van der Waals surface area contributed by atoms with Gasteiger partial charge in [0, 0.05) is 17.0 Å². The van der Waals surface area contributed by atoms with Crippen LogP contribution in [-0.4, -0.2) is 19.6 Å². The van der Waals surface area contributed by atoms with Crippen molar-refractivity contribution in [1.82, 2.24) is 5.32 Å². The zero-order chi connectivity index (χ0) is 14.4. The van der Waals surface area contributed by atoms with Gasteiger partial charge in [0.15, 0.2) is 0 Å². The topological polar surface area (TPSA) is 38.3 Å². The van der Waals surface area contributed by atoms with Gasteiger partial charge < -0.3 is 10.1 Å². The van der Waals surface area contributed by atoms with Crippen LogP contribution in [0.15, 0.2) is 40.2 Å². The van der Waals surface area contributed by atoms with E-state index in [0.29, 0.717) is 13.0 Å². The third-order valence-corrected chi connectivity index (χ3v) is 4.55. The summed E-state index contributed by atoms with van der Waals surface area (Å²) < 4.78 is 6.36. The molecule has 1 aromatic carbocycles. The Hall–Kier alpha value is -1.33. The highest BCUT2D eigenvalue weighted by atomic mass is 79.9. The first-order chi connectivity index (χ1) is 9.69. The summed E-state index contributed by atoms with van der Waals surface area (Å²) in [5.74, 6) is 0.773. The molecule has 0 aliphatic rings. The fourth-order valence-electron chi connectivity index (χ4n) is 1.90. The Kier molecular flexibility index (Phi) is 5.61. The molecular weight excluding hydrogens is 338 g/mol. The Balaban J connectivity index is 1.80. The highest BCUT2D eigenvalue weighted by molar-refractivity contribution is 9.11. The molecule has 0 aliphatic heterocycles. The number of benzene rings is 1. The van der Waals surface area contributed by atoms with Gasteiger partial charge >= 0.3 is 0 Å². The summed E-state index contributed by atoms with van der Waals surface area (Å²) in [4.78, 5) is 13.2. The van der Waals surface area contributed by atoms with E-state index >= 15 is 0 Å². The normalized spacial score (nSPS) is 10.3. The monoisotopic (exact) mass is 353 g/mol. The Bertz CT molecular complexity index is 583. The minimum absolute atomic E-state index is 0.0186. The molecule has 0 aliphatic carbocycles. The summed E-state index contributed by atoms with van der Waals surface area (Å²) in [5.41, 5.74) is 0.909. The van der Waals surface area contributed by atoms with Crippen LogP contribution in [0.3, 0.4) is 0 Å². The Morgan fingerprint density at radius 3 is 2.80 bits per heavy atom. The van der Waals surface area contributed by atoms with Crippen LogP contribution in [0.5, 0.6) is 5.75 Å². The van der Waals surface area contributed by atoms with Crippen LogP contribution in [0, 0.1) is 0 Å². The molecule has 2 rings (SSSR count). The number of halogens is 1. The average Bonchev–Trinajstić information content (AvgIpc) is 2.85. The number of methoxy groups -OCH3 is 1. The minimum Gasteiger partial charge on any atom is -0.496 e. The van der Waals surface area contributed by atoms with Crippen LogP contribution in [0.1, 0.15) is 10.4 Å². The molecule has 3 nitrogen and oxygen atoms in total. The van der Waals surface area contributed by atoms with E-state index in [0.717, 1.165) is 21.5 Å². The van der Waals surface area contributed by atoms with Gasteiger partial charge in [0.05, 0.1) is 17.3 Å². The zero-order valence-corrected chi connectivity index (χ0v) is 13.6. The Morgan fingerprint density at radius 1 is 1.30 bits per heavy atom. The summed E-state index contributed by atoms with van der Waals surface area (Å²) in [6, 6.07) is 11.7. The molecule has 106 valence electrons. The number of hydrogen-bond acceptors (Lipinski definition) is 3. The van der Waals surface area contributed by atoms with Crippen molar-refractivity contribution in [1.29, 1.82) is 0 Å². The fraction of sp³-hybridized carbons (Fsp3) is 0.267. The number of hydrogen-bond donors (Lipinski definition) is 1. The first-order valence-corrected chi connectivity index (χ1v) is 7.93. The fourth-order valence-corrected chi connectivity index (χ4v) is 3.38. The van der Waals surface area contributed by atoms with Gasteiger partial charge in [-0.25, -0.2) is 0 Å². The summed E-state index contributed by atoms with van der Waals surface area (Å²) in [5, 5.41) is 2.94. The SMILES string of the molecule is COc1ccccc1CC(=O)NCCc1ccc(Br)s1. The number of ether oxygens (including phenoxy) is 1. The molecule has 5 heteroatoms. The smallest absolute Gasteiger partial charge is 0.224 e. The van der Waals surface area contributed by atoms with E-state index in [-0.39, 0.29) is 5.91 Å². The number of carbonyl (C=O) groups excluding carboxylic acids is 1. The van der Waals surface area contributed by atoms with Crippen molar-refractivity contribution in [3.8, 4) is 5.75 Å². The van der Waals surface area contributed by atoms with Gasteiger partial charge in [0.25, 0.3) is 0 Å². The number of thiophene rings is 1. The molecular formula is C15H16BrNO2S. The van der Waals surface area contributed by atoms with Crippen molar-refractivity contribution in [3.63, 3.8) is 0 Å². The largest absolute Gasteiger partial charge is 0.496 e. The Morgan fingerprint density at radius 2 is 2.10 bits per heavy atom. The van der Waals surface area contributed by atoms with E-state index in [9.17, 15) is 4.79 Å². The second kappa shape index (κ2) is 7.45. The highest BCUT2D eigenvalue weighted by Gasteiger charge is 2.07. The molecule has 0 saturated heterocycles. The van der Waals surface area contributed by atoms with Crippen LogP contribution < -0.4 is 10.1 Å². The van der Waals surface area contributed by atoms with Crippen molar-refractivity contribution in [3.05, 3.63) is 50.6 Å². The molecule has 1 amide bonds. The maximum absolute atomic E-state index is 11.9. The van der Waals surface area contributed by atoms with E-state index in [1.807, 2.05) is 30.3 Å². The molecule has 2 aromatic rings. The number of nitrogens with one attached hydrogen (secondary N) is 1. The number of carbonyl (C=O) groups is 1. The molecule has 0 atom stereocenters. The highest BCUT2D eigenvalue weighted by Crippen LogP contribution is 2.22. The minimum atomic E-state index is 0.0186. The molecule has 1 aromatic heterocycles. The van der Waals surface area contributed by atoms with Crippen molar-refractivity contribution in [2.45, 2.75) is 12.8 Å². The lowest BCUT2D eigenvalue weighted by Crippen LogP contribution is -2.27. The van der Waals surface area contributed by atoms with E-state index in [1.54, 1.807) is 18.4 Å². The van der Waals surface area contributed by atoms with Crippen LogP contribution in [0.25, 0.3) is 0 Å². The van der Waals surface area contributed by atoms with Crippen LogP contribution >= 0.6 is 27.3 Å². The zero-order valence-electron chi connectivity index (χ0n) is 11.2. The molecule has 0 radical (unpaired) electrons. The van der Waals surface area contributed by atoms with Gasteiger partial charge in [-0.3, -0.25) is 4.79 Å². The second-order valence-electron chi connectivity index (χ2n) is 4.29. The lowest BCUT2D eigenvalue weighted by atomic mass is 10.1. The maximum Gasteiger partial charge on any atom is 0.224 e. The molecule has 0 saturated carbocycles. The molecule has 20 heavy (non-hydrogen) atoms. The number of rotatable bonds is 6. The van der Waals surface area contributed by atoms with Crippen LogP contribution in [0.4, 0.5) is 0 Å². The molecule has 0 unspecified atom stereocenters. The number of amides is 1. The van der Waals surface area contributed by atoms with E-state index in [2.05, 4.69) is 27.3 Å². The predicted octanol–water partition coefficient (Wildman–Crippen LogP) is 3.42. The average molecular weight is 354 g/mol. The van der Waals surface area contributed by atoms with Gasteiger partial charge in [0.1, 0.15) is 5.75 Å². The van der Waals surface area contributed by atoms with Crippen LogP contribution in [0.2, 0.25) is 0 Å². The molecule has 1 N–H and O–H groups in total. The summed E-state index contributed by atoms with van der Waals surface area (Å²) >= 11 is 5.13. The summed E-state index contributed by atoms with van der Waals surface area (Å²) in [6.07, 6.45) is 1.20. The van der Waals surface area contributed by atoms with Crippen LogP contribution in [-0.2, 0) is 17.6 Å². The first kappa shape index (κ1) is 15.1. The predicted molar refractivity (Wildman–Crippen MR) is 85.4 cm³/mol. The third-order valence-electron chi connectivity index (χ3n) is 2.87. The van der Waals surface area contributed by atoms with Crippen molar-refractivity contribution in [2.75, 3.05) is 13.7 Å². The molecule has 0 spiro atoms.